The number of anilines is 1. The fraction of sp³-hybridized carbons (Fsp3) is 0.125. The minimum atomic E-state index is -0.332. The van der Waals surface area contributed by atoms with Crippen LogP contribution in [0.2, 0.25) is 0 Å². The van der Waals surface area contributed by atoms with Crippen molar-refractivity contribution < 1.29 is 13.9 Å². The molecule has 4 nitrogen and oxygen atoms in total. The SMILES string of the molecule is Cc1cc(OCC(=O)Nc2ccc(C#N)cc2)ccc1F. The Labute approximate surface area is 121 Å². The molecule has 0 bridgehead atoms. The summed E-state index contributed by atoms with van der Waals surface area (Å²) in [5, 5.41) is 11.3. The fourth-order valence-electron chi connectivity index (χ4n) is 1.68. The van der Waals surface area contributed by atoms with Gasteiger partial charge in [0.2, 0.25) is 0 Å². The molecule has 0 spiro atoms. The Morgan fingerprint density at radius 2 is 2.00 bits per heavy atom. The molecule has 0 radical (unpaired) electrons. The van der Waals surface area contributed by atoms with E-state index in [0.29, 0.717) is 22.6 Å². The van der Waals surface area contributed by atoms with Gasteiger partial charge in [-0.25, -0.2) is 4.39 Å². The van der Waals surface area contributed by atoms with Crippen LogP contribution in [0, 0.1) is 24.1 Å². The molecule has 0 aliphatic heterocycles. The van der Waals surface area contributed by atoms with Crippen molar-refractivity contribution in [2.45, 2.75) is 6.92 Å². The van der Waals surface area contributed by atoms with Gasteiger partial charge in [0, 0.05) is 5.69 Å². The number of carbonyl (C=O) groups is 1. The Morgan fingerprint density at radius 1 is 1.29 bits per heavy atom. The molecule has 0 saturated heterocycles. The van der Waals surface area contributed by atoms with E-state index in [4.69, 9.17) is 10.00 Å². The van der Waals surface area contributed by atoms with Gasteiger partial charge in [0.05, 0.1) is 11.6 Å². The number of benzene rings is 2. The molecular weight excluding hydrogens is 271 g/mol. The highest BCUT2D eigenvalue weighted by Crippen LogP contribution is 2.16. The Balaban J connectivity index is 1.89. The van der Waals surface area contributed by atoms with Gasteiger partial charge in [-0.1, -0.05) is 0 Å². The summed E-state index contributed by atoms with van der Waals surface area (Å²) in [6.07, 6.45) is 0. The first-order chi connectivity index (χ1) is 10.1. The Hall–Kier alpha value is -2.87. The molecule has 5 heteroatoms. The lowest BCUT2D eigenvalue weighted by Gasteiger charge is -2.08. The van der Waals surface area contributed by atoms with Crippen LogP contribution in [0.15, 0.2) is 42.5 Å². The van der Waals surface area contributed by atoms with Crippen LogP contribution in [-0.2, 0) is 4.79 Å². The average molecular weight is 284 g/mol. The number of carbonyl (C=O) groups excluding carboxylic acids is 1. The first-order valence-corrected chi connectivity index (χ1v) is 6.27. The number of nitrogens with one attached hydrogen (secondary N) is 1. The van der Waals surface area contributed by atoms with Crippen LogP contribution in [0.1, 0.15) is 11.1 Å². The lowest BCUT2D eigenvalue weighted by molar-refractivity contribution is -0.118. The summed E-state index contributed by atoms with van der Waals surface area (Å²) in [4.78, 5) is 11.7. The van der Waals surface area contributed by atoms with Crippen LogP contribution in [-0.4, -0.2) is 12.5 Å². The summed E-state index contributed by atoms with van der Waals surface area (Å²) < 4.78 is 18.4. The first-order valence-electron chi connectivity index (χ1n) is 6.27. The molecule has 2 aromatic carbocycles. The molecule has 1 amide bonds. The summed E-state index contributed by atoms with van der Waals surface area (Å²) in [7, 11) is 0. The lowest BCUT2D eigenvalue weighted by atomic mass is 10.2. The van der Waals surface area contributed by atoms with Crippen molar-refractivity contribution in [2.24, 2.45) is 0 Å². The van der Waals surface area contributed by atoms with Gasteiger partial charge in [0.25, 0.3) is 5.91 Å². The van der Waals surface area contributed by atoms with E-state index in [1.165, 1.54) is 18.2 Å². The third-order valence-corrected chi connectivity index (χ3v) is 2.80. The van der Waals surface area contributed by atoms with Gasteiger partial charge in [0.1, 0.15) is 11.6 Å². The minimum Gasteiger partial charge on any atom is -0.484 e. The van der Waals surface area contributed by atoms with Gasteiger partial charge in [-0.05, 0) is 55.0 Å². The summed E-state index contributed by atoms with van der Waals surface area (Å²) in [6, 6.07) is 12.8. The van der Waals surface area contributed by atoms with Crippen molar-refractivity contribution >= 4 is 11.6 Å². The summed E-state index contributed by atoms with van der Waals surface area (Å²) in [5.74, 6) is -0.213. The fourth-order valence-corrected chi connectivity index (χ4v) is 1.68. The van der Waals surface area contributed by atoms with Gasteiger partial charge in [-0.15, -0.1) is 0 Å². The maximum atomic E-state index is 13.1. The number of nitriles is 1. The number of nitrogens with zero attached hydrogens (tertiary/aromatic N) is 1. The number of ether oxygens (including phenoxy) is 1. The second-order valence-electron chi connectivity index (χ2n) is 4.44. The van der Waals surface area contributed by atoms with E-state index in [9.17, 15) is 9.18 Å². The van der Waals surface area contributed by atoms with E-state index in [1.54, 1.807) is 31.2 Å². The molecule has 0 aliphatic carbocycles. The molecule has 2 rings (SSSR count). The molecule has 0 fully saturated rings. The number of hydrogen-bond acceptors (Lipinski definition) is 3. The van der Waals surface area contributed by atoms with E-state index in [0.717, 1.165) is 0 Å². The largest absolute Gasteiger partial charge is 0.484 e. The molecule has 1 N–H and O–H groups in total. The maximum absolute atomic E-state index is 13.1. The number of hydrogen-bond donors (Lipinski definition) is 1. The highest BCUT2D eigenvalue weighted by atomic mass is 19.1. The zero-order valence-corrected chi connectivity index (χ0v) is 11.4. The molecule has 0 heterocycles. The van der Waals surface area contributed by atoms with Crippen LogP contribution in [0.3, 0.4) is 0 Å². The molecule has 21 heavy (non-hydrogen) atoms. The van der Waals surface area contributed by atoms with Crippen LogP contribution in [0.25, 0.3) is 0 Å². The predicted octanol–water partition coefficient (Wildman–Crippen LogP) is 3.02. The minimum absolute atomic E-state index is 0.176. The number of halogens is 1. The highest BCUT2D eigenvalue weighted by Gasteiger charge is 2.05. The molecule has 106 valence electrons. The van der Waals surface area contributed by atoms with Crippen LogP contribution in [0.4, 0.5) is 10.1 Å². The summed E-state index contributed by atoms with van der Waals surface area (Å²) in [6.45, 7) is 1.45. The van der Waals surface area contributed by atoms with E-state index < -0.39 is 0 Å². The quantitative estimate of drug-likeness (QED) is 0.938. The molecule has 0 aromatic heterocycles. The van der Waals surface area contributed by atoms with Gasteiger partial charge < -0.3 is 10.1 Å². The molecule has 0 unspecified atom stereocenters. The third-order valence-electron chi connectivity index (χ3n) is 2.80. The van der Waals surface area contributed by atoms with Gasteiger partial charge >= 0.3 is 0 Å². The highest BCUT2D eigenvalue weighted by molar-refractivity contribution is 5.91. The zero-order chi connectivity index (χ0) is 15.2. The topological polar surface area (TPSA) is 62.1 Å². The second kappa shape index (κ2) is 6.53. The zero-order valence-electron chi connectivity index (χ0n) is 11.4. The van der Waals surface area contributed by atoms with E-state index in [-0.39, 0.29) is 18.3 Å². The summed E-state index contributed by atoms with van der Waals surface area (Å²) in [5.41, 5.74) is 1.56. The average Bonchev–Trinajstić information content (AvgIpc) is 2.49. The molecule has 0 atom stereocenters. The number of aryl methyl sites for hydroxylation is 1. The standard InChI is InChI=1S/C16H13FN2O2/c1-11-8-14(6-7-15(11)17)21-10-16(20)19-13-4-2-12(9-18)3-5-13/h2-8H,10H2,1H3,(H,19,20). The van der Waals surface area contributed by atoms with Crippen LogP contribution >= 0.6 is 0 Å². The van der Waals surface area contributed by atoms with Crippen molar-refractivity contribution in [1.82, 2.24) is 0 Å². The third kappa shape index (κ3) is 4.05. The molecule has 2 aromatic rings. The monoisotopic (exact) mass is 284 g/mol. The smallest absolute Gasteiger partial charge is 0.262 e. The number of rotatable bonds is 4. The van der Waals surface area contributed by atoms with Crippen LogP contribution < -0.4 is 10.1 Å². The second-order valence-corrected chi connectivity index (χ2v) is 4.44. The maximum Gasteiger partial charge on any atom is 0.262 e. The van der Waals surface area contributed by atoms with E-state index in [1.807, 2.05) is 6.07 Å². The van der Waals surface area contributed by atoms with Gasteiger partial charge in [-0.2, -0.15) is 5.26 Å². The van der Waals surface area contributed by atoms with Crippen LogP contribution in [0.5, 0.6) is 5.75 Å². The normalized spacial score (nSPS) is 9.76. The van der Waals surface area contributed by atoms with Crippen molar-refractivity contribution in [2.75, 3.05) is 11.9 Å². The van der Waals surface area contributed by atoms with E-state index in [2.05, 4.69) is 5.32 Å². The first kappa shape index (κ1) is 14.5. The van der Waals surface area contributed by atoms with Crippen molar-refractivity contribution in [1.29, 1.82) is 5.26 Å². The summed E-state index contributed by atoms with van der Waals surface area (Å²) >= 11 is 0. The van der Waals surface area contributed by atoms with Gasteiger partial charge in [0.15, 0.2) is 6.61 Å². The molecular formula is C16H13FN2O2. The van der Waals surface area contributed by atoms with Crippen molar-refractivity contribution in [3.05, 3.63) is 59.4 Å². The van der Waals surface area contributed by atoms with E-state index >= 15 is 0 Å². The molecule has 0 saturated carbocycles. The number of amides is 1. The lowest BCUT2D eigenvalue weighted by Crippen LogP contribution is -2.20. The van der Waals surface area contributed by atoms with Gasteiger partial charge in [-0.3, -0.25) is 4.79 Å². The van der Waals surface area contributed by atoms with Crippen molar-refractivity contribution in [3.63, 3.8) is 0 Å². The Bertz CT molecular complexity index is 690. The predicted molar refractivity (Wildman–Crippen MR) is 76.4 cm³/mol. The Morgan fingerprint density at radius 3 is 2.62 bits per heavy atom. The molecule has 0 aliphatic rings. The Kier molecular flexibility index (Phi) is 4.52. The van der Waals surface area contributed by atoms with Crippen molar-refractivity contribution in [3.8, 4) is 11.8 Å².